The Kier molecular flexibility index (Phi) is 62.0. The fraction of sp³-hybridized carbons (Fsp3) is 0.944. The van der Waals surface area contributed by atoms with Crippen molar-refractivity contribution >= 4 is 5.97 Å². The van der Waals surface area contributed by atoms with Crippen molar-refractivity contribution in [2.24, 2.45) is 0 Å². The molecule has 0 amide bonds. The molecule has 0 aromatic heterocycles. The molecule has 7 heteroatoms. The topological polar surface area (TPSA) is 100 Å². The third kappa shape index (κ3) is 41.8. The molecule has 25 heavy (non-hydrogen) atoms. The van der Waals surface area contributed by atoms with Gasteiger partial charge in [-0.1, -0.05) is 96.8 Å². The predicted octanol–water partition coefficient (Wildman–Crippen LogP) is -4.34. The molecule has 136 valence electrons. The van der Waals surface area contributed by atoms with Gasteiger partial charge in [0.05, 0.1) is 0 Å². The van der Waals surface area contributed by atoms with Gasteiger partial charge in [0.1, 0.15) is 0 Å². The summed E-state index contributed by atoms with van der Waals surface area (Å²) in [5.74, 6) is -0.903. The summed E-state index contributed by atoms with van der Waals surface area (Å²) >= 11 is 0. The minimum absolute atomic E-state index is 0. The van der Waals surface area contributed by atoms with Gasteiger partial charge in [0, 0.05) is 5.97 Å². The molecule has 0 atom stereocenters. The number of carboxylic acids is 1. The maximum atomic E-state index is 10.2. The van der Waals surface area contributed by atoms with Crippen LogP contribution in [0.2, 0.25) is 0 Å². The second-order valence-corrected chi connectivity index (χ2v) is 6.07. The van der Waals surface area contributed by atoms with Crippen LogP contribution in [0.3, 0.4) is 0 Å². The third-order valence-electron chi connectivity index (χ3n) is 3.98. The Morgan fingerprint density at radius 2 is 0.800 bits per heavy atom. The van der Waals surface area contributed by atoms with E-state index in [1.54, 1.807) is 0 Å². The van der Waals surface area contributed by atoms with E-state index in [1.165, 1.54) is 83.5 Å². The van der Waals surface area contributed by atoms with Crippen molar-refractivity contribution in [2.45, 2.75) is 110 Å². The van der Waals surface area contributed by atoms with Crippen LogP contribution >= 0.6 is 0 Å². The van der Waals surface area contributed by atoms with Crippen LogP contribution in [0.15, 0.2) is 0 Å². The van der Waals surface area contributed by atoms with Crippen molar-refractivity contribution in [3.05, 3.63) is 0 Å². The number of hydrogen-bond acceptors (Lipinski definition) is 4. The van der Waals surface area contributed by atoms with Gasteiger partial charge in [-0.2, -0.15) is 0 Å². The average Bonchev–Trinajstić information content (AvgIpc) is 2.43. The van der Waals surface area contributed by atoms with Crippen molar-refractivity contribution in [1.29, 1.82) is 0 Å². The molecule has 0 aliphatic heterocycles. The van der Waals surface area contributed by atoms with Crippen LogP contribution in [-0.4, -0.2) is 16.9 Å². The molecule has 0 aromatic rings. The molecular weight excluding hydrogens is 349 g/mol. The van der Waals surface area contributed by atoms with E-state index in [0.717, 1.165) is 12.8 Å². The van der Waals surface area contributed by atoms with Crippen LogP contribution in [0.25, 0.3) is 0 Å². The second kappa shape index (κ2) is 37.2. The standard InChI is InChI=1S/C18H36O2.3Na.2H2O/c1-2-3-4-5-6-7-8-9-10-11-12-13-14-15-16-17-18(19)20;;;;;/h2-17H2,1H3,(H,19,20);;;;2*1H2/q;3*+1;;/p-3. The molecular formula is C18H37Na3O4. The summed E-state index contributed by atoms with van der Waals surface area (Å²) in [7, 11) is 0. The molecule has 0 radical (unpaired) electrons. The molecule has 0 aromatic carbocycles. The number of aliphatic carboxylic acids is 1. The quantitative estimate of drug-likeness (QED) is 0.198. The summed E-state index contributed by atoms with van der Waals surface area (Å²) in [6.07, 6.45) is 19.9. The Morgan fingerprint density at radius 1 is 0.560 bits per heavy atom. The maximum Gasteiger partial charge on any atom is 1.00 e. The van der Waals surface area contributed by atoms with Gasteiger partial charge in [0.15, 0.2) is 0 Å². The molecule has 0 aliphatic rings. The molecule has 0 rings (SSSR count). The minimum atomic E-state index is -0.903. The third-order valence-corrected chi connectivity index (χ3v) is 3.98. The zero-order chi connectivity index (χ0) is 14.9. The van der Waals surface area contributed by atoms with Crippen molar-refractivity contribution in [2.75, 3.05) is 0 Å². The fourth-order valence-electron chi connectivity index (χ4n) is 2.64. The van der Waals surface area contributed by atoms with Crippen LogP contribution in [0, 0.1) is 0 Å². The van der Waals surface area contributed by atoms with Crippen LogP contribution < -0.4 is 93.8 Å². The summed E-state index contributed by atoms with van der Waals surface area (Å²) in [6.45, 7) is 2.27. The summed E-state index contributed by atoms with van der Waals surface area (Å²) in [5.41, 5.74) is 0. The summed E-state index contributed by atoms with van der Waals surface area (Å²) < 4.78 is 0. The van der Waals surface area contributed by atoms with E-state index in [-0.39, 0.29) is 106 Å². The van der Waals surface area contributed by atoms with E-state index in [2.05, 4.69) is 6.92 Å². The number of hydrogen-bond donors (Lipinski definition) is 0. The van der Waals surface area contributed by atoms with Gasteiger partial charge in [0.25, 0.3) is 0 Å². The average molecular weight is 386 g/mol. The van der Waals surface area contributed by atoms with Crippen LogP contribution in [0.5, 0.6) is 0 Å². The Hall–Kier alpha value is 2.39. The van der Waals surface area contributed by atoms with Gasteiger partial charge in [0.2, 0.25) is 0 Å². The molecule has 0 fully saturated rings. The largest absolute Gasteiger partial charge is 1.00 e. The smallest absolute Gasteiger partial charge is 0.870 e. The molecule has 0 bridgehead atoms. The molecule has 0 saturated heterocycles. The zero-order valence-electron chi connectivity index (χ0n) is 17.5. The molecule has 0 heterocycles. The Labute approximate surface area is 222 Å². The van der Waals surface area contributed by atoms with Crippen LogP contribution in [0.4, 0.5) is 0 Å². The molecule has 2 N–H and O–H groups in total. The second-order valence-electron chi connectivity index (χ2n) is 6.07. The van der Waals surface area contributed by atoms with E-state index in [1.807, 2.05) is 0 Å². The number of rotatable bonds is 16. The van der Waals surface area contributed by atoms with Crippen LogP contribution in [-0.2, 0) is 4.79 Å². The summed E-state index contributed by atoms with van der Waals surface area (Å²) in [6, 6.07) is 0. The van der Waals surface area contributed by atoms with Crippen molar-refractivity contribution in [1.82, 2.24) is 0 Å². The van der Waals surface area contributed by atoms with E-state index in [4.69, 9.17) is 0 Å². The van der Waals surface area contributed by atoms with Crippen molar-refractivity contribution in [3.63, 3.8) is 0 Å². The maximum absolute atomic E-state index is 10.2. The molecule has 0 aliphatic carbocycles. The van der Waals surface area contributed by atoms with Crippen molar-refractivity contribution < 1.29 is 110 Å². The first-order chi connectivity index (χ1) is 9.77. The monoisotopic (exact) mass is 386 g/mol. The molecule has 0 saturated carbocycles. The van der Waals surface area contributed by atoms with Crippen LogP contribution in [0.1, 0.15) is 110 Å². The van der Waals surface area contributed by atoms with Gasteiger partial charge >= 0.3 is 88.7 Å². The first-order valence-electron chi connectivity index (χ1n) is 8.97. The number of carbonyl (C=O) groups excluding carboxylic acids is 1. The number of carboxylic acid groups (broad SMARTS) is 1. The number of carbonyl (C=O) groups is 1. The predicted molar refractivity (Wildman–Crippen MR) is 88.4 cm³/mol. The van der Waals surface area contributed by atoms with E-state index < -0.39 is 5.97 Å². The van der Waals surface area contributed by atoms with Gasteiger partial charge in [-0.3, -0.25) is 0 Å². The van der Waals surface area contributed by atoms with E-state index in [9.17, 15) is 9.90 Å². The Bertz CT molecular complexity index is 220. The van der Waals surface area contributed by atoms with E-state index >= 15 is 0 Å². The van der Waals surface area contributed by atoms with Gasteiger partial charge in [-0.05, 0) is 12.8 Å². The SMILES string of the molecule is CCCCCCCCCCCCCCCCCC(=O)[O-].[Na+].[Na+].[Na+].[OH-].[OH-]. The Morgan fingerprint density at radius 3 is 1.04 bits per heavy atom. The van der Waals surface area contributed by atoms with Gasteiger partial charge in [-0.15, -0.1) is 0 Å². The van der Waals surface area contributed by atoms with Gasteiger partial charge < -0.3 is 20.9 Å². The van der Waals surface area contributed by atoms with E-state index in [0.29, 0.717) is 0 Å². The summed E-state index contributed by atoms with van der Waals surface area (Å²) in [5, 5.41) is 10.2. The molecule has 4 nitrogen and oxygen atoms in total. The van der Waals surface area contributed by atoms with Crippen molar-refractivity contribution in [3.8, 4) is 0 Å². The van der Waals surface area contributed by atoms with Gasteiger partial charge in [-0.25, -0.2) is 0 Å². The first-order valence-corrected chi connectivity index (χ1v) is 8.97. The minimum Gasteiger partial charge on any atom is -0.870 e. The Balaban J connectivity index is -0.000000180. The fourth-order valence-corrected chi connectivity index (χ4v) is 2.64. The molecule has 0 spiro atoms. The molecule has 0 unspecified atom stereocenters. The zero-order valence-corrected chi connectivity index (χ0v) is 23.5. The number of unbranched alkanes of at least 4 members (excludes halogenated alkanes) is 14. The summed E-state index contributed by atoms with van der Waals surface area (Å²) in [4.78, 5) is 10.2. The normalized spacial score (nSPS) is 8.68. The first kappa shape index (κ1) is 41.7.